The first kappa shape index (κ1) is 46.2. The highest BCUT2D eigenvalue weighted by molar-refractivity contribution is 5.67. The van der Waals surface area contributed by atoms with Gasteiger partial charge in [0.2, 0.25) is 0 Å². The van der Waals surface area contributed by atoms with E-state index in [9.17, 15) is 9.59 Å². The van der Waals surface area contributed by atoms with Gasteiger partial charge in [-0.3, -0.25) is 9.59 Å². The molecule has 0 aliphatic rings. The minimum Gasteiger partial charge on any atom is -0.481 e. The molecule has 0 aromatic rings. The lowest BCUT2D eigenvalue weighted by Gasteiger charge is -1.94. The summed E-state index contributed by atoms with van der Waals surface area (Å²) in [5, 5.41) is 17.0. The van der Waals surface area contributed by atoms with Crippen molar-refractivity contribution < 1.29 is 19.8 Å². The van der Waals surface area contributed by atoms with Crippen LogP contribution in [0.25, 0.3) is 0 Å². The van der Waals surface area contributed by atoms with E-state index in [0.29, 0.717) is 12.8 Å². The predicted molar refractivity (Wildman–Crippen MR) is 210 cm³/mol. The van der Waals surface area contributed by atoms with Gasteiger partial charge >= 0.3 is 11.9 Å². The molecule has 0 spiro atoms. The second-order valence-corrected chi connectivity index (χ2v) is 11.0. The molecule has 4 heteroatoms. The lowest BCUT2D eigenvalue weighted by Crippen LogP contribution is -1.93. The van der Waals surface area contributed by atoms with E-state index in [4.69, 9.17) is 10.2 Å². The Kier molecular flexibility index (Phi) is 41.5. The molecular weight excluding hydrogens is 592 g/mol. The number of rotatable bonds is 29. The minimum absolute atomic E-state index is 0.210. The SMILES string of the molecule is CC/C=C/C/C=C/C/C=C/C/C=C/C/C=C/CCCCCC(=O)O.CC/C=C\C/C=C\C/C=C\C/C=C\C/C=C\C/C=C\CCC(=O)O. The summed E-state index contributed by atoms with van der Waals surface area (Å²) in [5.74, 6) is -1.43. The topological polar surface area (TPSA) is 74.6 Å². The van der Waals surface area contributed by atoms with Gasteiger partial charge in [0.05, 0.1) is 0 Å². The number of aliphatic carboxylic acids is 2. The molecular formula is C44H66O4. The van der Waals surface area contributed by atoms with Crippen molar-refractivity contribution in [3.8, 4) is 0 Å². The first-order valence-corrected chi connectivity index (χ1v) is 18.1. The molecule has 0 amide bonds. The van der Waals surface area contributed by atoms with Crippen LogP contribution in [0.1, 0.15) is 129 Å². The van der Waals surface area contributed by atoms with Gasteiger partial charge in [0.25, 0.3) is 0 Å². The quantitative estimate of drug-likeness (QED) is 0.0619. The van der Waals surface area contributed by atoms with Crippen molar-refractivity contribution in [2.24, 2.45) is 0 Å². The van der Waals surface area contributed by atoms with Crippen LogP contribution in [0.2, 0.25) is 0 Å². The fraction of sp³-hybridized carbons (Fsp3) is 0.455. The minimum atomic E-state index is -0.741. The molecule has 0 saturated carbocycles. The highest BCUT2D eigenvalue weighted by Crippen LogP contribution is 2.04. The Labute approximate surface area is 294 Å². The van der Waals surface area contributed by atoms with E-state index in [0.717, 1.165) is 96.3 Å². The smallest absolute Gasteiger partial charge is 0.303 e. The van der Waals surface area contributed by atoms with Gasteiger partial charge in [-0.1, -0.05) is 154 Å². The molecule has 2 N–H and O–H groups in total. The van der Waals surface area contributed by atoms with Crippen molar-refractivity contribution in [1.29, 1.82) is 0 Å². The summed E-state index contributed by atoms with van der Waals surface area (Å²) >= 11 is 0. The molecule has 0 saturated heterocycles. The molecule has 48 heavy (non-hydrogen) atoms. The van der Waals surface area contributed by atoms with Gasteiger partial charge < -0.3 is 10.2 Å². The van der Waals surface area contributed by atoms with Gasteiger partial charge in [-0.25, -0.2) is 0 Å². The summed E-state index contributed by atoms with van der Waals surface area (Å²) in [6.07, 6.45) is 63.8. The first-order valence-electron chi connectivity index (χ1n) is 18.1. The van der Waals surface area contributed by atoms with Crippen LogP contribution in [0.5, 0.6) is 0 Å². The summed E-state index contributed by atoms with van der Waals surface area (Å²) in [6, 6.07) is 0. The Morgan fingerprint density at radius 1 is 0.333 bits per heavy atom. The molecule has 0 aliphatic heterocycles. The monoisotopic (exact) mass is 658 g/mol. The first-order chi connectivity index (χ1) is 23.5. The Hall–Kier alpha value is -3.92. The van der Waals surface area contributed by atoms with Crippen molar-refractivity contribution in [1.82, 2.24) is 0 Å². The molecule has 0 radical (unpaired) electrons. The lowest BCUT2D eigenvalue weighted by molar-refractivity contribution is -0.138. The zero-order valence-corrected chi connectivity index (χ0v) is 30.1. The summed E-state index contributed by atoms with van der Waals surface area (Å²) in [6.45, 7) is 4.30. The van der Waals surface area contributed by atoms with Crippen LogP contribution >= 0.6 is 0 Å². The zero-order chi connectivity index (χ0) is 35.4. The molecule has 0 unspecified atom stereocenters. The van der Waals surface area contributed by atoms with E-state index in [1.807, 2.05) is 12.2 Å². The van der Waals surface area contributed by atoms with Crippen LogP contribution in [0.3, 0.4) is 0 Å². The van der Waals surface area contributed by atoms with Crippen LogP contribution in [0, 0.1) is 0 Å². The molecule has 266 valence electrons. The summed E-state index contributed by atoms with van der Waals surface area (Å²) in [4.78, 5) is 20.7. The van der Waals surface area contributed by atoms with E-state index in [1.165, 1.54) is 0 Å². The molecule has 0 bridgehead atoms. The summed E-state index contributed by atoms with van der Waals surface area (Å²) in [7, 11) is 0. The number of unbranched alkanes of at least 4 members (excludes halogenated alkanes) is 3. The van der Waals surface area contributed by atoms with Crippen molar-refractivity contribution in [3.63, 3.8) is 0 Å². The van der Waals surface area contributed by atoms with Gasteiger partial charge in [-0.2, -0.15) is 0 Å². The van der Waals surface area contributed by atoms with E-state index in [2.05, 4.69) is 135 Å². The van der Waals surface area contributed by atoms with Crippen molar-refractivity contribution in [3.05, 3.63) is 134 Å². The average molecular weight is 659 g/mol. The van der Waals surface area contributed by atoms with E-state index < -0.39 is 11.9 Å². The normalized spacial score (nSPS) is 12.9. The number of carbonyl (C=O) groups is 2. The van der Waals surface area contributed by atoms with Crippen LogP contribution in [-0.2, 0) is 9.59 Å². The summed E-state index contributed by atoms with van der Waals surface area (Å²) in [5.41, 5.74) is 0. The van der Waals surface area contributed by atoms with Crippen molar-refractivity contribution in [2.45, 2.75) is 129 Å². The molecule has 0 atom stereocenters. The molecule has 0 aromatic heterocycles. The number of hydrogen-bond acceptors (Lipinski definition) is 2. The second-order valence-electron chi connectivity index (χ2n) is 11.0. The molecule has 0 aromatic carbocycles. The maximum Gasteiger partial charge on any atom is 0.303 e. The highest BCUT2D eigenvalue weighted by atomic mass is 16.4. The van der Waals surface area contributed by atoms with E-state index in [-0.39, 0.29) is 6.42 Å². The number of allylic oxidation sites excluding steroid dienone is 22. The van der Waals surface area contributed by atoms with Crippen LogP contribution in [0.15, 0.2) is 134 Å². The van der Waals surface area contributed by atoms with Gasteiger partial charge in [-0.05, 0) is 96.3 Å². The van der Waals surface area contributed by atoms with Gasteiger partial charge in [0, 0.05) is 12.8 Å². The Bertz CT molecular complexity index is 1060. The predicted octanol–water partition coefficient (Wildman–Crippen LogP) is 13.3. The average Bonchev–Trinajstić information content (AvgIpc) is 3.07. The maximum atomic E-state index is 10.3. The maximum absolute atomic E-state index is 10.3. The molecule has 0 heterocycles. The number of carboxylic acids is 2. The van der Waals surface area contributed by atoms with E-state index in [1.54, 1.807) is 0 Å². The van der Waals surface area contributed by atoms with Gasteiger partial charge in [0.1, 0.15) is 0 Å². The Balaban J connectivity index is 0. The molecule has 0 aliphatic carbocycles. The largest absolute Gasteiger partial charge is 0.481 e. The van der Waals surface area contributed by atoms with Gasteiger partial charge in [-0.15, -0.1) is 0 Å². The second kappa shape index (κ2) is 43.1. The number of hydrogen-bond donors (Lipinski definition) is 2. The van der Waals surface area contributed by atoms with Crippen LogP contribution < -0.4 is 0 Å². The van der Waals surface area contributed by atoms with Crippen molar-refractivity contribution >= 4 is 11.9 Å². The molecule has 0 fully saturated rings. The zero-order valence-electron chi connectivity index (χ0n) is 30.1. The Morgan fingerprint density at radius 3 is 0.896 bits per heavy atom. The summed E-state index contributed by atoms with van der Waals surface area (Å²) < 4.78 is 0. The molecule has 0 rings (SSSR count). The van der Waals surface area contributed by atoms with Crippen molar-refractivity contribution in [2.75, 3.05) is 0 Å². The number of carboxylic acid groups (broad SMARTS) is 2. The highest BCUT2D eigenvalue weighted by Gasteiger charge is 1.94. The third kappa shape index (κ3) is 49.0. The van der Waals surface area contributed by atoms with Crippen LogP contribution in [0.4, 0.5) is 0 Å². The lowest BCUT2D eigenvalue weighted by atomic mass is 10.1. The van der Waals surface area contributed by atoms with Crippen LogP contribution in [-0.4, -0.2) is 22.2 Å². The fourth-order valence-electron chi connectivity index (χ4n) is 3.93. The standard InChI is InChI=1S/C22H34O2.C22H32O2/c2*1-2-3-4-5-6-7-8-9-10-11-12-13-14-15-16-17-18-19-20-21-22(23)24/h3-4,6-7,9-10,12-13,15-16H,2,5,8,11,14,17-21H2,1H3,(H,23,24);3-4,6-7,9-10,12-13,15-16,18-19H,2,5,8,11,14,17,20-21H2,1H3,(H,23,24)/b4-3+,7-6+,10-9+,13-12+,16-15+;4-3-,7-6-,10-9-,13-12-,16-15-,19-18-. The Morgan fingerprint density at radius 2 is 0.604 bits per heavy atom. The third-order valence-electron chi connectivity index (χ3n) is 6.54. The van der Waals surface area contributed by atoms with E-state index >= 15 is 0 Å². The fourth-order valence-corrected chi connectivity index (χ4v) is 3.93. The van der Waals surface area contributed by atoms with Gasteiger partial charge in [0.15, 0.2) is 0 Å². The molecule has 4 nitrogen and oxygen atoms in total. The third-order valence-corrected chi connectivity index (χ3v) is 6.54.